The number of aryl methyl sites for hydroxylation is 1. The van der Waals surface area contributed by atoms with Crippen molar-refractivity contribution in [1.82, 2.24) is 0 Å². The smallest absolute Gasteiger partial charge is 0.339 e. The van der Waals surface area contributed by atoms with E-state index >= 15 is 0 Å². The number of hydrogen-bond donors (Lipinski definition) is 0. The summed E-state index contributed by atoms with van der Waals surface area (Å²) in [5, 5.41) is 0. The molecular formula is C24H20O3. The summed E-state index contributed by atoms with van der Waals surface area (Å²) in [5.41, 5.74) is 2.82. The van der Waals surface area contributed by atoms with Gasteiger partial charge in [-0.2, -0.15) is 0 Å². The Morgan fingerprint density at radius 3 is 2.00 bits per heavy atom. The fraction of sp³-hybridized carbons (Fsp3) is 0.0833. The van der Waals surface area contributed by atoms with E-state index in [1.54, 1.807) is 36.4 Å². The molecule has 3 aromatic carbocycles. The van der Waals surface area contributed by atoms with Crippen LogP contribution in [0.25, 0.3) is 0 Å². The Hall–Kier alpha value is -3.46. The van der Waals surface area contributed by atoms with Gasteiger partial charge in [-0.15, -0.1) is 0 Å². The monoisotopic (exact) mass is 356 g/mol. The third-order valence-corrected chi connectivity index (χ3v) is 4.36. The Balaban J connectivity index is 1.91. The number of rotatable bonds is 6. The highest BCUT2D eigenvalue weighted by atomic mass is 16.5. The average Bonchev–Trinajstić information content (AvgIpc) is 2.72. The summed E-state index contributed by atoms with van der Waals surface area (Å²) in [7, 11) is 0. The van der Waals surface area contributed by atoms with E-state index in [-0.39, 0.29) is 11.3 Å². The zero-order valence-electron chi connectivity index (χ0n) is 15.1. The highest BCUT2D eigenvalue weighted by Crippen LogP contribution is 2.23. The Morgan fingerprint density at radius 1 is 0.815 bits per heavy atom. The Kier molecular flexibility index (Phi) is 5.62. The van der Waals surface area contributed by atoms with Crippen molar-refractivity contribution in [2.24, 2.45) is 0 Å². The molecular weight excluding hydrogens is 336 g/mol. The molecule has 0 saturated heterocycles. The summed E-state index contributed by atoms with van der Waals surface area (Å²) in [6, 6.07) is 23.4. The fourth-order valence-electron chi connectivity index (χ4n) is 2.91. The van der Waals surface area contributed by atoms with Gasteiger partial charge < -0.3 is 4.74 Å². The first kappa shape index (κ1) is 18.3. The van der Waals surface area contributed by atoms with E-state index in [9.17, 15) is 9.59 Å². The maximum absolute atomic E-state index is 13.0. The van der Waals surface area contributed by atoms with E-state index in [2.05, 4.69) is 6.58 Å². The third-order valence-electron chi connectivity index (χ3n) is 4.36. The minimum Gasteiger partial charge on any atom is -0.450 e. The van der Waals surface area contributed by atoms with Gasteiger partial charge in [0.15, 0.2) is 5.78 Å². The number of ether oxygens (including phenoxy) is 1. The van der Waals surface area contributed by atoms with E-state index in [1.807, 2.05) is 55.5 Å². The molecule has 0 spiro atoms. The van der Waals surface area contributed by atoms with E-state index in [1.165, 1.54) is 0 Å². The van der Waals surface area contributed by atoms with Crippen LogP contribution in [0.4, 0.5) is 0 Å². The van der Waals surface area contributed by atoms with E-state index in [0.29, 0.717) is 11.1 Å². The lowest BCUT2D eigenvalue weighted by Crippen LogP contribution is -2.15. The summed E-state index contributed by atoms with van der Waals surface area (Å²) in [5.74, 6) is -0.753. The normalized spacial score (nSPS) is 11.4. The summed E-state index contributed by atoms with van der Waals surface area (Å²) in [6.45, 7) is 5.63. The first-order valence-electron chi connectivity index (χ1n) is 8.69. The van der Waals surface area contributed by atoms with E-state index in [4.69, 9.17) is 4.74 Å². The van der Waals surface area contributed by atoms with Gasteiger partial charge >= 0.3 is 5.97 Å². The van der Waals surface area contributed by atoms with Gasteiger partial charge in [-0.05, 0) is 30.2 Å². The van der Waals surface area contributed by atoms with Crippen LogP contribution in [0.2, 0.25) is 0 Å². The SMILES string of the molecule is C=CC(OC(=O)c1ccccc1C(=O)c1ccccc1C)c1ccccc1. The van der Waals surface area contributed by atoms with Crippen LogP contribution >= 0.6 is 0 Å². The van der Waals surface area contributed by atoms with E-state index < -0.39 is 12.1 Å². The maximum Gasteiger partial charge on any atom is 0.339 e. The predicted molar refractivity (Wildman–Crippen MR) is 106 cm³/mol. The van der Waals surface area contributed by atoms with Crippen LogP contribution in [0.1, 0.15) is 43.5 Å². The first-order valence-corrected chi connectivity index (χ1v) is 8.69. The first-order chi connectivity index (χ1) is 13.1. The number of ketones is 1. The van der Waals surface area contributed by atoms with Crippen molar-refractivity contribution >= 4 is 11.8 Å². The molecule has 3 nitrogen and oxygen atoms in total. The van der Waals surface area contributed by atoms with Crippen LogP contribution < -0.4 is 0 Å². The van der Waals surface area contributed by atoms with E-state index in [0.717, 1.165) is 11.1 Å². The molecule has 0 radical (unpaired) electrons. The second-order valence-corrected chi connectivity index (χ2v) is 6.16. The molecule has 3 rings (SSSR count). The van der Waals surface area contributed by atoms with Crippen LogP contribution in [0.3, 0.4) is 0 Å². The largest absolute Gasteiger partial charge is 0.450 e. The van der Waals surface area contributed by atoms with Crippen molar-refractivity contribution in [3.63, 3.8) is 0 Å². The molecule has 0 heterocycles. The molecule has 0 aliphatic rings. The van der Waals surface area contributed by atoms with Crippen molar-refractivity contribution in [2.75, 3.05) is 0 Å². The predicted octanol–water partition coefficient (Wildman–Crippen LogP) is 5.31. The topological polar surface area (TPSA) is 43.4 Å². The molecule has 1 unspecified atom stereocenters. The molecule has 134 valence electrons. The van der Waals surface area contributed by atoms with Gasteiger partial charge in [0.2, 0.25) is 0 Å². The highest BCUT2D eigenvalue weighted by Gasteiger charge is 2.22. The second-order valence-electron chi connectivity index (χ2n) is 6.16. The molecule has 1 atom stereocenters. The molecule has 0 saturated carbocycles. The summed E-state index contributed by atoms with van der Waals surface area (Å²) in [6.07, 6.45) is 0.985. The van der Waals surface area contributed by atoms with Gasteiger partial charge in [0, 0.05) is 11.1 Å². The van der Waals surface area contributed by atoms with Crippen molar-refractivity contribution < 1.29 is 14.3 Å². The van der Waals surface area contributed by atoms with Gasteiger partial charge in [-0.3, -0.25) is 4.79 Å². The zero-order chi connectivity index (χ0) is 19.2. The number of esters is 1. The van der Waals surface area contributed by atoms with Gasteiger partial charge in [0.05, 0.1) is 5.56 Å². The quantitative estimate of drug-likeness (QED) is 0.341. The second kappa shape index (κ2) is 8.28. The molecule has 0 aromatic heterocycles. The number of carbonyl (C=O) groups excluding carboxylic acids is 2. The van der Waals surface area contributed by atoms with Gasteiger partial charge in [0.25, 0.3) is 0 Å². The van der Waals surface area contributed by atoms with Crippen molar-refractivity contribution in [3.8, 4) is 0 Å². The lowest BCUT2D eigenvalue weighted by Gasteiger charge is -2.16. The summed E-state index contributed by atoms with van der Waals surface area (Å²) >= 11 is 0. The van der Waals surface area contributed by atoms with Crippen molar-refractivity contribution in [3.05, 3.63) is 119 Å². The van der Waals surface area contributed by atoms with Crippen LogP contribution in [-0.4, -0.2) is 11.8 Å². The molecule has 0 aliphatic carbocycles. The summed E-state index contributed by atoms with van der Waals surface area (Å²) < 4.78 is 5.62. The molecule has 0 amide bonds. The van der Waals surface area contributed by atoms with Crippen LogP contribution in [0, 0.1) is 6.92 Å². The van der Waals surface area contributed by atoms with Crippen molar-refractivity contribution in [2.45, 2.75) is 13.0 Å². The maximum atomic E-state index is 13.0. The fourth-order valence-corrected chi connectivity index (χ4v) is 2.91. The zero-order valence-corrected chi connectivity index (χ0v) is 15.1. The van der Waals surface area contributed by atoms with Gasteiger partial charge in [-0.25, -0.2) is 4.79 Å². The average molecular weight is 356 g/mol. The number of benzene rings is 3. The third kappa shape index (κ3) is 4.04. The van der Waals surface area contributed by atoms with Crippen molar-refractivity contribution in [1.29, 1.82) is 0 Å². The minimum absolute atomic E-state index is 0.199. The minimum atomic E-state index is -0.583. The van der Waals surface area contributed by atoms with Crippen LogP contribution in [-0.2, 0) is 4.74 Å². The molecule has 0 bridgehead atoms. The highest BCUT2D eigenvalue weighted by molar-refractivity contribution is 6.15. The van der Waals surface area contributed by atoms with Crippen LogP contribution in [0.15, 0.2) is 91.5 Å². The lowest BCUT2D eigenvalue weighted by atomic mass is 9.95. The Bertz CT molecular complexity index is 974. The standard InChI is InChI=1S/C24H20O3/c1-3-22(18-12-5-4-6-13-18)27-24(26)21-16-10-9-15-20(21)23(25)19-14-8-7-11-17(19)2/h3-16,22H,1H2,2H3. The molecule has 0 N–H and O–H groups in total. The lowest BCUT2D eigenvalue weighted by molar-refractivity contribution is 0.0390. The van der Waals surface area contributed by atoms with Gasteiger partial charge in [-0.1, -0.05) is 79.4 Å². The Labute approximate surface area is 158 Å². The number of carbonyl (C=O) groups is 2. The van der Waals surface area contributed by atoms with Crippen LogP contribution in [0.5, 0.6) is 0 Å². The molecule has 0 aliphatic heterocycles. The van der Waals surface area contributed by atoms with Gasteiger partial charge in [0.1, 0.15) is 6.10 Å². The molecule has 27 heavy (non-hydrogen) atoms. The summed E-state index contributed by atoms with van der Waals surface area (Å²) in [4.78, 5) is 25.8. The number of hydrogen-bond acceptors (Lipinski definition) is 3. The Morgan fingerprint density at radius 2 is 1.37 bits per heavy atom. The molecule has 3 heteroatoms. The molecule has 0 fully saturated rings. The molecule has 3 aromatic rings.